The van der Waals surface area contributed by atoms with E-state index in [9.17, 15) is 9.90 Å². The quantitative estimate of drug-likeness (QED) is 0.849. The Labute approximate surface area is 115 Å². The maximum atomic E-state index is 11.3. The molecule has 2 aromatic rings. The highest BCUT2D eigenvalue weighted by molar-refractivity contribution is 8.00. The average molecular weight is 279 g/mol. The van der Waals surface area contributed by atoms with Crippen LogP contribution in [0.3, 0.4) is 0 Å². The van der Waals surface area contributed by atoms with Gasteiger partial charge in [0, 0.05) is 9.92 Å². The van der Waals surface area contributed by atoms with E-state index in [0.29, 0.717) is 5.02 Å². The maximum Gasteiger partial charge on any atom is 0.321 e. The number of hydrogen-bond acceptors (Lipinski definition) is 2. The van der Waals surface area contributed by atoms with E-state index in [4.69, 9.17) is 11.6 Å². The molecule has 0 amide bonds. The van der Waals surface area contributed by atoms with Gasteiger partial charge in [-0.1, -0.05) is 41.9 Å². The molecular weight excluding hydrogens is 268 g/mol. The van der Waals surface area contributed by atoms with Gasteiger partial charge >= 0.3 is 5.97 Å². The number of thioether (sulfide) groups is 1. The summed E-state index contributed by atoms with van der Waals surface area (Å²) in [7, 11) is 0. The summed E-state index contributed by atoms with van der Waals surface area (Å²) in [6.45, 7) is 0. The van der Waals surface area contributed by atoms with Gasteiger partial charge in [-0.15, -0.1) is 11.8 Å². The van der Waals surface area contributed by atoms with Crippen molar-refractivity contribution in [3.63, 3.8) is 0 Å². The lowest BCUT2D eigenvalue weighted by Crippen LogP contribution is -2.07. The second-order valence-electron chi connectivity index (χ2n) is 3.70. The largest absolute Gasteiger partial charge is 0.480 e. The molecule has 0 spiro atoms. The molecule has 1 N–H and O–H groups in total. The standard InChI is InChI=1S/C14H11ClO2S/c15-11-6-8-12(9-7-11)18-13(14(16)17)10-4-2-1-3-5-10/h1-9,13H,(H,16,17). The van der Waals surface area contributed by atoms with Crippen LogP contribution in [-0.4, -0.2) is 11.1 Å². The predicted octanol–water partition coefficient (Wildman–Crippen LogP) is 4.26. The lowest BCUT2D eigenvalue weighted by Gasteiger charge is -2.12. The fraction of sp³-hybridized carbons (Fsp3) is 0.0714. The van der Waals surface area contributed by atoms with Gasteiger partial charge in [0.25, 0.3) is 0 Å². The van der Waals surface area contributed by atoms with Crippen molar-refractivity contribution in [1.82, 2.24) is 0 Å². The molecule has 2 rings (SSSR count). The Bertz CT molecular complexity index is 525. The van der Waals surface area contributed by atoms with Crippen LogP contribution in [0.15, 0.2) is 59.5 Å². The van der Waals surface area contributed by atoms with Gasteiger partial charge in [0.05, 0.1) is 0 Å². The normalized spacial score (nSPS) is 12.1. The molecule has 0 fully saturated rings. The lowest BCUT2D eigenvalue weighted by molar-refractivity contribution is -0.136. The zero-order valence-electron chi connectivity index (χ0n) is 9.42. The van der Waals surface area contributed by atoms with Gasteiger partial charge in [-0.2, -0.15) is 0 Å². The van der Waals surface area contributed by atoms with Gasteiger partial charge in [-0.25, -0.2) is 0 Å². The Morgan fingerprint density at radius 3 is 2.22 bits per heavy atom. The first kappa shape index (κ1) is 13.0. The van der Waals surface area contributed by atoms with Crippen molar-refractivity contribution in [2.24, 2.45) is 0 Å². The summed E-state index contributed by atoms with van der Waals surface area (Å²) in [6, 6.07) is 16.4. The van der Waals surface area contributed by atoms with Crippen LogP contribution in [-0.2, 0) is 4.79 Å². The maximum absolute atomic E-state index is 11.3. The van der Waals surface area contributed by atoms with E-state index in [1.165, 1.54) is 11.8 Å². The van der Waals surface area contributed by atoms with Gasteiger partial charge in [-0.05, 0) is 29.8 Å². The number of benzene rings is 2. The summed E-state index contributed by atoms with van der Waals surface area (Å²) < 4.78 is 0. The van der Waals surface area contributed by atoms with E-state index >= 15 is 0 Å². The van der Waals surface area contributed by atoms with E-state index in [0.717, 1.165) is 10.5 Å². The number of carboxylic acids is 1. The highest BCUT2D eigenvalue weighted by Crippen LogP contribution is 2.35. The van der Waals surface area contributed by atoms with Gasteiger partial charge in [0.15, 0.2) is 0 Å². The highest BCUT2D eigenvalue weighted by atomic mass is 35.5. The van der Waals surface area contributed by atoms with Crippen LogP contribution in [0.1, 0.15) is 10.8 Å². The monoisotopic (exact) mass is 278 g/mol. The summed E-state index contributed by atoms with van der Waals surface area (Å²) >= 11 is 7.10. The van der Waals surface area contributed by atoms with Crippen molar-refractivity contribution >= 4 is 29.3 Å². The number of carboxylic acid groups (broad SMARTS) is 1. The van der Waals surface area contributed by atoms with Gasteiger partial charge < -0.3 is 5.11 Å². The first-order valence-electron chi connectivity index (χ1n) is 5.37. The van der Waals surface area contributed by atoms with Crippen molar-refractivity contribution in [2.75, 3.05) is 0 Å². The van der Waals surface area contributed by atoms with Crippen LogP contribution in [0.4, 0.5) is 0 Å². The SMILES string of the molecule is O=C(O)C(Sc1ccc(Cl)cc1)c1ccccc1. The van der Waals surface area contributed by atoms with Gasteiger partial charge in [0.2, 0.25) is 0 Å². The van der Waals surface area contributed by atoms with Crippen molar-refractivity contribution < 1.29 is 9.90 Å². The predicted molar refractivity (Wildman–Crippen MR) is 74.1 cm³/mol. The second-order valence-corrected chi connectivity index (χ2v) is 5.32. The molecule has 0 aliphatic heterocycles. The molecule has 1 unspecified atom stereocenters. The summed E-state index contributed by atoms with van der Waals surface area (Å²) in [5, 5.41) is 9.34. The number of halogens is 1. The molecule has 0 bridgehead atoms. The minimum absolute atomic E-state index is 0.604. The van der Waals surface area contributed by atoms with Crippen LogP contribution in [0.2, 0.25) is 5.02 Å². The fourth-order valence-electron chi connectivity index (χ4n) is 1.54. The van der Waals surface area contributed by atoms with E-state index in [1.54, 1.807) is 12.1 Å². The molecule has 1 atom stereocenters. The van der Waals surface area contributed by atoms with E-state index in [-0.39, 0.29) is 0 Å². The molecule has 18 heavy (non-hydrogen) atoms. The lowest BCUT2D eigenvalue weighted by atomic mass is 10.1. The van der Waals surface area contributed by atoms with Crippen LogP contribution in [0, 0.1) is 0 Å². The third-order valence-electron chi connectivity index (χ3n) is 2.39. The Kier molecular flexibility index (Phi) is 4.28. The number of carbonyl (C=O) groups is 1. The molecule has 2 aromatic carbocycles. The summed E-state index contributed by atoms with van der Waals surface area (Å²) in [5.74, 6) is -0.846. The summed E-state index contributed by atoms with van der Waals surface area (Å²) in [4.78, 5) is 12.2. The van der Waals surface area contributed by atoms with Gasteiger partial charge in [-0.3, -0.25) is 4.79 Å². The molecule has 2 nitrogen and oxygen atoms in total. The van der Waals surface area contributed by atoms with Crippen LogP contribution in [0.25, 0.3) is 0 Å². The molecule has 92 valence electrons. The minimum Gasteiger partial charge on any atom is -0.480 e. The van der Waals surface area contributed by atoms with Crippen molar-refractivity contribution in [3.8, 4) is 0 Å². The molecule has 0 aliphatic carbocycles. The average Bonchev–Trinajstić information content (AvgIpc) is 2.38. The van der Waals surface area contributed by atoms with Crippen LogP contribution >= 0.6 is 23.4 Å². The molecule has 4 heteroatoms. The van der Waals surface area contributed by atoms with Crippen molar-refractivity contribution in [2.45, 2.75) is 10.1 Å². The molecule has 0 radical (unpaired) electrons. The van der Waals surface area contributed by atoms with Crippen LogP contribution in [0.5, 0.6) is 0 Å². The van der Waals surface area contributed by atoms with Crippen molar-refractivity contribution in [1.29, 1.82) is 0 Å². The molecule has 0 aromatic heterocycles. The first-order chi connectivity index (χ1) is 8.66. The zero-order valence-corrected chi connectivity index (χ0v) is 11.0. The van der Waals surface area contributed by atoms with E-state index in [1.807, 2.05) is 42.5 Å². The third-order valence-corrected chi connectivity index (χ3v) is 3.90. The Balaban J connectivity index is 2.22. The Hall–Kier alpha value is -1.45. The second kappa shape index (κ2) is 5.94. The summed E-state index contributed by atoms with van der Waals surface area (Å²) in [5.41, 5.74) is 0.782. The summed E-state index contributed by atoms with van der Waals surface area (Å²) in [6.07, 6.45) is 0. The first-order valence-corrected chi connectivity index (χ1v) is 6.62. The minimum atomic E-state index is -0.846. The Morgan fingerprint density at radius 2 is 1.67 bits per heavy atom. The third kappa shape index (κ3) is 3.28. The van der Waals surface area contributed by atoms with Crippen molar-refractivity contribution in [3.05, 3.63) is 65.2 Å². The molecule has 0 saturated carbocycles. The van der Waals surface area contributed by atoms with Crippen LogP contribution < -0.4 is 0 Å². The van der Waals surface area contributed by atoms with Gasteiger partial charge in [0.1, 0.15) is 5.25 Å². The topological polar surface area (TPSA) is 37.3 Å². The zero-order chi connectivity index (χ0) is 13.0. The number of aliphatic carboxylic acids is 1. The number of hydrogen-bond donors (Lipinski definition) is 1. The smallest absolute Gasteiger partial charge is 0.321 e. The fourth-order valence-corrected chi connectivity index (χ4v) is 2.62. The molecule has 0 heterocycles. The Morgan fingerprint density at radius 1 is 1.06 bits per heavy atom. The number of rotatable bonds is 4. The highest BCUT2D eigenvalue weighted by Gasteiger charge is 2.20. The molecule has 0 saturated heterocycles. The molecular formula is C14H11ClO2S. The van der Waals surface area contributed by atoms with E-state index in [2.05, 4.69) is 0 Å². The molecule has 0 aliphatic rings. The van der Waals surface area contributed by atoms with E-state index < -0.39 is 11.2 Å².